The molecule has 2 aromatic carbocycles. The summed E-state index contributed by atoms with van der Waals surface area (Å²) in [6, 6.07) is 11.7. The molecule has 122 valence electrons. The van der Waals surface area contributed by atoms with Crippen molar-refractivity contribution in [3.05, 3.63) is 52.5 Å². The van der Waals surface area contributed by atoms with Crippen molar-refractivity contribution in [2.75, 3.05) is 10.0 Å². The van der Waals surface area contributed by atoms with E-state index in [-0.39, 0.29) is 10.8 Å². The maximum absolute atomic E-state index is 12.5. The number of benzene rings is 2. The first kappa shape index (κ1) is 17.5. The summed E-state index contributed by atoms with van der Waals surface area (Å²) in [6.45, 7) is 3.55. The quantitative estimate of drug-likeness (QED) is 0.804. The van der Waals surface area contributed by atoms with E-state index in [2.05, 4.69) is 26.0 Å². The summed E-state index contributed by atoms with van der Waals surface area (Å²) in [7, 11) is -3.73. The second kappa shape index (κ2) is 7.14. The molecule has 7 heteroatoms. The van der Waals surface area contributed by atoms with Gasteiger partial charge in [-0.05, 0) is 52.7 Å². The van der Waals surface area contributed by atoms with Gasteiger partial charge < -0.3 is 5.32 Å². The van der Waals surface area contributed by atoms with Gasteiger partial charge in [-0.2, -0.15) is 0 Å². The largest absolute Gasteiger partial charge is 0.326 e. The zero-order valence-electron chi connectivity index (χ0n) is 12.8. The van der Waals surface area contributed by atoms with E-state index in [0.29, 0.717) is 22.3 Å². The molecular weight excluding hydrogens is 380 g/mol. The number of hydrogen-bond donors (Lipinski definition) is 2. The van der Waals surface area contributed by atoms with Crippen molar-refractivity contribution in [3.8, 4) is 0 Å². The minimum absolute atomic E-state index is 0.131. The van der Waals surface area contributed by atoms with Crippen LogP contribution in [0.5, 0.6) is 0 Å². The molecule has 0 unspecified atom stereocenters. The Bertz CT molecular complexity index is 835. The SMILES string of the molecule is CCC(=O)Nc1ccc(C)c(NS(=O)(=O)c2ccccc2Br)c1. The number of nitrogens with one attached hydrogen (secondary N) is 2. The van der Waals surface area contributed by atoms with E-state index in [4.69, 9.17) is 0 Å². The molecular formula is C16H17BrN2O3S. The third-order valence-electron chi connectivity index (χ3n) is 3.21. The summed E-state index contributed by atoms with van der Waals surface area (Å²) in [5.41, 5.74) is 1.73. The zero-order valence-corrected chi connectivity index (χ0v) is 15.2. The maximum Gasteiger partial charge on any atom is 0.263 e. The number of sulfonamides is 1. The van der Waals surface area contributed by atoms with Crippen molar-refractivity contribution in [2.45, 2.75) is 25.2 Å². The van der Waals surface area contributed by atoms with Gasteiger partial charge >= 0.3 is 0 Å². The normalized spacial score (nSPS) is 11.1. The maximum atomic E-state index is 12.5. The van der Waals surface area contributed by atoms with Crippen LogP contribution >= 0.6 is 15.9 Å². The highest BCUT2D eigenvalue weighted by Gasteiger charge is 2.18. The highest BCUT2D eigenvalue weighted by atomic mass is 79.9. The molecule has 2 aromatic rings. The van der Waals surface area contributed by atoms with E-state index in [1.807, 2.05) is 0 Å². The van der Waals surface area contributed by atoms with Gasteiger partial charge in [0.05, 0.1) is 5.69 Å². The first-order valence-corrected chi connectivity index (χ1v) is 9.29. The number of aryl methyl sites for hydroxylation is 1. The summed E-state index contributed by atoms with van der Waals surface area (Å²) >= 11 is 3.24. The molecule has 0 saturated heterocycles. The van der Waals surface area contributed by atoms with Crippen molar-refractivity contribution >= 4 is 43.2 Å². The van der Waals surface area contributed by atoms with E-state index < -0.39 is 10.0 Å². The first-order chi connectivity index (χ1) is 10.8. The van der Waals surface area contributed by atoms with Crippen LogP contribution in [-0.4, -0.2) is 14.3 Å². The van der Waals surface area contributed by atoms with Crippen LogP contribution in [0.2, 0.25) is 0 Å². The fourth-order valence-electron chi connectivity index (χ4n) is 1.92. The van der Waals surface area contributed by atoms with Gasteiger partial charge in [0.2, 0.25) is 5.91 Å². The number of anilines is 2. The van der Waals surface area contributed by atoms with Gasteiger partial charge in [-0.25, -0.2) is 8.42 Å². The molecule has 0 aromatic heterocycles. The third kappa shape index (κ3) is 4.33. The van der Waals surface area contributed by atoms with Crippen molar-refractivity contribution in [3.63, 3.8) is 0 Å². The Morgan fingerprint density at radius 2 is 1.87 bits per heavy atom. The highest BCUT2D eigenvalue weighted by Crippen LogP contribution is 2.27. The van der Waals surface area contributed by atoms with E-state index >= 15 is 0 Å². The van der Waals surface area contributed by atoms with E-state index in [1.54, 1.807) is 50.2 Å². The molecule has 23 heavy (non-hydrogen) atoms. The van der Waals surface area contributed by atoms with Crippen LogP contribution in [0.1, 0.15) is 18.9 Å². The molecule has 2 rings (SSSR count). The molecule has 2 N–H and O–H groups in total. The van der Waals surface area contributed by atoms with Crippen molar-refractivity contribution < 1.29 is 13.2 Å². The summed E-state index contributed by atoms with van der Waals surface area (Å²) in [6.07, 6.45) is 0.353. The van der Waals surface area contributed by atoms with Crippen LogP contribution in [0.4, 0.5) is 11.4 Å². The number of halogens is 1. The van der Waals surface area contributed by atoms with Gasteiger partial charge in [-0.15, -0.1) is 0 Å². The Morgan fingerprint density at radius 3 is 2.52 bits per heavy atom. The van der Waals surface area contributed by atoms with Gasteiger partial charge in [0, 0.05) is 16.6 Å². The van der Waals surface area contributed by atoms with E-state index in [0.717, 1.165) is 5.56 Å². The van der Waals surface area contributed by atoms with Gasteiger partial charge in [0.25, 0.3) is 10.0 Å². The first-order valence-electron chi connectivity index (χ1n) is 7.01. The van der Waals surface area contributed by atoms with Crippen LogP contribution in [-0.2, 0) is 14.8 Å². The third-order valence-corrected chi connectivity index (χ3v) is 5.59. The van der Waals surface area contributed by atoms with Gasteiger partial charge in [0.15, 0.2) is 0 Å². The Hall–Kier alpha value is -1.86. The minimum atomic E-state index is -3.73. The van der Waals surface area contributed by atoms with E-state index in [9.17, 15) is 13.2 Å². The average molecular weight is 397 g/mol. The van der Waals surface area contributed by atoms with Gasteiger partial charge in [0.1, 0.15) is 4.90 Å². The molecule has 0 atom stereocenters. The molecule has 0 aliphatic heterocycles. The second-order valence-corrected chi connectivity index (χ2v) is 7.47. The molecule has 0 bridgehead atoms. The molecule has 1 amide bonds. The van der Waals surface area contributed by atoms with Crippen molar-refractivity contribution in [2.24, 2.45) is 0 Å². The number of amides is 1. The molecule has 0 aliphatic carbocycles. The fraction of sp³-hybridized carbons (Fsp3) is 0.188. The summed E-state index contributed by atoms with van der Waals surface area (Å²) in [4.78, 5) is 11.6. The Balaban J connectivity index is 2.34. The van der Waals surface area contributed by atoms with Crippen LogP contribution in [0.3, 0.4) is 0 Å². The smallest absolute Gasteiger partial charge is 0.263 e. The molecule has 0 spiro atoms. The van der Waals surface area contributed by atoms with Crippen LogP contribution in [0.25, 0.3) is 0 Å². The van der Waals surface area contributed by atoms with Crippen molar-refractivity contribution in [1.82, 2.24) is 0 Å². The van der Waals surface area contributed by atoms with E-state index in [1.165, 1.54) is 6.07 Å². The summed E-state index contributed by atoms with van der Waals surface area (Å²) < 4.78 is 28.1. The fourth-order valence-corrected chi connectivity index (χ4v) is 4.05. The number of carbonyl (C=O) groups excluding carboxylic acids is 1. The number of rotatable bonds is 5. The average Bonchev–Trinajstić information content (AvgIpc) is 2.50. The lowest BCUT2D eigenvalue weighted by Crippen LogP contribution is -2.15. The summed E-state index contributed by atoms with van der Waals surface area (Å²) in [5, 5.41) is 2.71. The Kier molecular flexibility index (Phi) is 5.43. The van der Waals surface area contributed by atoms with Crippen LogP contribution in [0.15, 0.2) is 51.8 Å². The van der Waals surface area contributed by atoms with Crippen LogP contribution < -0.4 is 10.0 Å². The molecule has 0 fully saturated rings. The lowest BCUT2D eigenvalue weighted by molar-refractivity contribution is -0.115. The lowest BCUT2D eigenvalue weighted by atomic mass is 10.2. The summed E-state index contributed by atoms with van der Waals surface area (Å²) in [5.74, 6) is -0.131. The molecule has 5 nitrogen and oxygen atoms in total. The predicted molar refractivity (Wildman–Crippen MR) is 95.1 cm³/mol. The van der Waals surface area contributed by atoms with Gasteiger partial charge in [-0.1, -0.05) is 25.1 Å². The molecule has 0 radical (unpaired) electrons. The number of hydrogen-bond acceptors (Lipinski definition) is 3. The molecule has 0 heterocycles. The Morgan fingerprint density at radius 1 is 1.17 bits per heavy atom. The van der Waals surface area contributed by atoms with Crippen LogP contribution in [0, 0.1) is 6.92 Å². The van der Waals surface area contributed by atoms with Gasteiger partial charge in [-0.3, -0.25) is 9.52 Å². The topological polar surface area (TPSA) is 75.3 Å². The second-order valence-electron chi connectivity index (χ2n) is 4.97. The molecule has 0 aliphatic rings. The number of carbonyl (C=O) groups is 1. The standard InChI is InChI=1S/C16H17BrN2O3S/c1-3-16(20)18-12-9-8-11(2)14(10-12)19-23(21,22)15-7-5-4-6-13(15)17/h4-10,19H,3H2,1-2H3,(H,18,20). The lowest BCUT2D eigenvalue weighted by Gasteiger charge is -2.13. The Labute approximate surface area is 144 Å². The van der Waals surface area contributed by atoms with Crippen molar-refractivity contribution in [1.29, 1.82) is 0 Å². The zero-order chi connectivity index (χ0) is 17.0. The highest BCUT2D eigenvalue weighted by molar-refractivity contribution is 9.10. The molecule has 0 saturated carbocycles. The minimum Gasteiger partial charge on any atom is -0.326 e. The predicted octanol–water partition coefficient (Wildman–Crippen LogP) is 3.91. The monoisotopic (exact) mass is 396 g/mol.